The first kappa shape index (κ1) is 13.9. The number of benzene rings is 1. The van der Waals surface area contributed by atoms with Crippen LogP contribution in [0.3, 0.4) is 0 Å². The number of imidazole rings is 1. The normalized spacial score (nSPS) is 18.0. The highest BCUT2D eigenvalue weighted by atomic mass is 16.2. The highest BCUT2D eigenvalue weighted by molar-refractivity contribution is 5.97. The van der Waals surface area contributed by atoms with Crippen LogP contribution in [0.1, 0.15) is 28.5 Å². The maximum Gasteiger partial charge on any atom is 0.253 e. The molecule has 0 bridgehead atoms. The molecule has 1 unspecified atom stereocenters. The quantitative estimate of drug-likeness (QED) is 0.716. The van der Waals surface area contributed by atoms with Crippen LogP contribution in [-0.2, 0) is 14.1 Å². The fourth-order valence-corrected chi connectivity index (χ4v) is 3.28. The fraction of sp³-hybridized carbons (Fsp3) is 0.375. The van der Waals surface area contributed by atoms with Crippen LogP contribution in [0.2, 0.25) is 0 Å². The Morgan fingerprint density at radius 3 is 2.96 bits per heavy atom. The molecule has 0 saturated carbocycles. The third-order valence-electron chi connectivity index (χ3n) is 4.56. The molecule has 7 heteroatoms. The predicted octanol–water partition coefficient (Wildman–Crippen LogP) is 1.33. The number of carbonyl (C=O) groups is 1. The molecule has 3 aromatic rings. The highest BCUT2D eigenvalue weighted by Crippen LogP contribution is 2.27. The van der Waals surface area contributed by atoms with Crippen molar-refractivity contribution < 1.29 is 4.79 Å². The number of likely N-dealkylation sites (tertiary alicyclic amines) is 1. The van der Waals surface area contributed by atoms with Crippen molar-refractivity contribution in [3.05, 3.63) is 42.0 Å². The summed E-state index contributed by atoms with van der Waals surface area (Å²) >= 11 is 0. The number of hydrogen-bond donors (Lipinski definition) is 0. The monoisotopic (exact) mass is 310 g/mol. The summed E-state index contributed by atoms with van der Waals surface area (Å²) < 4.78 is 3.74. The number of amides is 1. The van der Waals surface area contributed by atoms with Crippen LogP contribution < -0.4 is 0 Å². The zero-order valence-electron chi connectivity index (χ0n) is 13.2. The molecule has 0 spiro atoms. The van der Waals surface area contributed by atoms with Crippen LogP contribution in [0.4, 0.5) is 0 Å². The van der Waals surface area contributed by atoms with Crippen LogP contribution in [0.5, 0.6) is 0 Å². The van der Waals surface area contributed by atoms with Crippen LogP contribution in [0.25, 0.3) is 11.0 Å². The average Bonchev–Trinajstić information content (AvgIpc) is 3.27. The van der Waals surface area contributed by atoms with Gasteiger partial charge in [0.15, 0.2) is 0 Å². The van der Waals surface area contributed by atoms with E-state index in [0.717, 1.165) is 29.8 Å². The first-order valence-electron chi connectivity index (χ1n) is 7.69. The van der Waals surface area contributed by atoms with Gasteiger partial charge in [-0.3, -0.25) is 4.79 Å². The Hall–Kier alpha value is -2.70. The zero-order valence-corrected chi connectivity index (χ0v) is 13.2. The van der Waals surface area contributed by atoms with Gasteiger partial charge < -0.3 is 9.47 Å². The summed E-state index contributed by atoms with van der Waals surface area (Å²) in [6.07, 6.45) is 4.70. The number of hydrogen-bond acceptors (Lipinski definition) is 4. The molecule has 1 aromatic carbocycles. The van der Waals surface area contributed by atoms with Gasteiger partial charge in [-0.2, -0.15) is 0 Å². The molecule has 1 saturated heterocycles. The lowest BCUT2D eigenvalue weighted by atomic mass is 10.1. The van der Waals surface area contributed by atoms with Gasteiger partial charge in [0.2, 0.25) is 0 Å². The van der Waals surface area contributed by atoms with Crippen molar-refractivity contribution in [1.29, 1.82) is 0 Å². The molecule has 3 heterocycles. The van der Waals surface area contributed by atoms with Crippen LogP contribution in [0, 0.1) is 0 Å². The Kier molecular flexibility index (Phi) is 3.14. The maximum absolute atomic E-state index is 12.7. The van der Waals surface area contributed by atoms with Gasteiger partial charge >= 0.3 is 0 Å². The number of aromatic nitrogens is 5. The van der Waals surface area contributed by atoms with Crippen molar-refractivity contribution in [1.82, 2.24) is 29.4 Å². The van der Waals surface area contributed by atoms with Crippen LogP contribution in [-0.4, -0.2) is 48.4 Å². The number of rotatable bonds is 2. The Morgan fingerprint density at radius 1 is 1.30 bits per heavy atom. The van der Waals surface area contributed by atoms with E-state index in [4.69, 9.17) is 0 Å². The second kappa shape index (κ2) is 5.19. The second-order valence-electron chi connectivity index (χ2n) is 6.05. The Balaban J connectivity index is 1.55. The minimum atomic E-state index is 0.0502. The lowest BCUT2D eigenvalue weighted by molar-refractivity contribution is 0.0790. The van der Waals surface area contributed by atoms with E-state index >= 15 is 0 Å². The molecule has 1 fully saturated rings. The second-order valence-corrected chi connectivity index (χ2v) is 6.05. The van der Waals surface area contributed by atoms with Crippen molar-refractivity contribution >= 4 is 16.9 Å². The van der Waals surface area contributed by atoms with E-state index in [1.807, 2.05) is 54.2 Å². The fourth-order valence-electron chi connectivity index (χ4n) is 3.28. The Bertz CT molecular complexity index is 880. The Morgan fingerprint density at radius 2 is 2.17 bits per heavy atom. The van der Waals surface area contributed by atoms with Gasteiger partial charge in [-0.25, -0.2) is 9.67 Å². The first-order chi connectivity index (χ1) is 11.1. The molecule has 118 valence electrons. The van der Waals surface area contributed by atoms with Gasteiger partial charge in [0, 0.05) is 51.1 Å². The predicted molar refractivity (Wildman–Crippen MR) is 85.0 cm³/mol. The highest BCUT2D eigenvalue weighted by Gasteiger charge is 2.30. The molecular formula is C16H18N6O. The third-order valence-corrected chi connectivity index (χ3v) is 4.56. The van der Waals surface area contributed by atoms with Crippen molar-refractivity contribution in [2.45, 2.75) is 12.3 Å². The molecule has 0 aliphatic carbocycles. The maximum atomic E-state index is 12.7. The van der Waals surface area contributed by atoms with Crippen LogP contribution in [0.15, 0.2) is 30.6 Å². The molecule has 1 aliphatic rings. The largest absolute Gasteiger partial charge is 0.338 e. The molecular weight excluding hydrogens is 292 g/mol. The molecule has 1 aliphatic heterocycles. The van der Waals surface area contributed by atoms with E-state index in [2.05, 4.69) is 15.3 Å². The van der Waals surface area contributed by atoms with E-state index in [1.165, 1.54) is 0 Å². The molecule has 4 rings (SSSR count). The van der Waals surface area contributed by atoms with Crippen molar-refractivity contribution in [3.8, 4) is 0 Å². The van der Waals surface area contributed by atoms with E-state index in [9.17, 15) is 4.79 Å². The number of aryl methyl sites for hydroxylation is 2. The summed E-state index contributed by atoms with van der Waals surface area (Å²) in [5.74, 6) is 1.40. The minimum Gasteiger partial charge on any atom is -0.338 e. The van der Waals surface area contributed by atoms with Gasteiger partial charge in [-0.05, 0) is 24.6 Å². The lowest BCUT2D eigenvalue weighted by Gasteiger charge is -2.16. The molecule has 0 radical (unpaired) electrons. The van der Waals surface area contributed by atoms with Crippen molar-refractivity contribution in [2.75, 3.05) is 13.1 Å². The summed E-state index contributed by atoms with van der Waals surface area (Å²) in [5.41, 5.74) is 2.34. The SMILES string of the molecule is Cn1ccnc1C1CCN(C(=O)c2ccc3c(c2)nnn3C)C1. The first-order valence-corrected chi connectivity index (χ1v) is 7.69. The summed E-state index contributed by atoms with van der Waals surface area (Å²) in [6.45, 7) is 1.47. The minimum absolute atomic E-state index is 0.0502. The van der Waals surface area contributed by atoms with Crippen molar-refractivity contribution in [3.63, 3.8) is 0 Å². The number of carbonyl (C=O) groups excluding carboxylic acids is 1. The molecule has 1 atom stereocenters. The molecule has 2 aromatic heterocycles. The van der Waals surface area contributed by atoms with Gasteiger partial charge in [0.25, 0.3) is 5.91 Å². The van der Waals surface area contributed by atoms with E-state index < -0.39 is 0 Å². The Labute approximate surface area is 133 Å². The van der Waals surface area contributed by atoms with Crippen molar-refractivity contribution in [2.24, 2.45) is 14.1 Å². The summed E-state index contributed by atoms with van der Waals surface area (Å²) in [4.78, 5) is 19.1. The lowest BCUT2D eigenvalue weighted by Crippen LogP contribution is -2.28. The summed E-state index contributed by atoms with van der Waals surface area (Å²) in [7, 11) is 3.84. The van der Waals surface area contributed by atoms with E-state index in [-0.39, 0.29) is 5.91 Å². The smallest absolute Gasteiger partial charge is 0.253 e. The number of fused-ring (bicyclic) bond motifs is 1. The molecule has 7 nitrogen and oxygen atoms in total. The average molecular weight is 310 g/mol. The van der Waals surface area contributed by atoms with Gasteiger partial charge in [0.1, 0.15) is 11.3 Å². The summed E-state index contributed by atoms with van der Waals surface area (Å²) in [6, 6.07) is 5.57. The number of nitrogens with zero attached hydrogens (tertiary/aromatic N) is 6. The third kappa shape index (κ3) is 2.28. The summed E-state index contributed by atoms with van der Waals surface area (Å²) in [5, 5.41) is 8.06. The molecule has 0 N–H and O–H groups in total. The van der Waals surface area contributed by atoms with Crippen LogP contribution >= 0.6 is 0 Å². The van der Waals surface area contributed by atoms with E-state index in [1.54, 1.807) is 4.68 Å². The van der Waals surface area contributed by atoms with Gasteiger partial charge in [0.05, 0.1) is 5.52 Å². The zero-order chi connectivity index (χ0) is 16.0. The topological polar surface area (TPSA) is 68.8 Å². The van der Waals surface area contributed by atoms with Gasteiger partial charge in [-0.1, -0.05) is 5.21 Å². The van der Waals surface area contributed by atoms with Gasteiger partial charge in [-0.15, -0.1) is 5.10 Å². The molecule has 23 heavy (non-hydrogen) atoms. The molecule has 1 amide bonds. The van der Waals surface area contributed by atoms with E-state index in [0.29, 0.717) is 18.0 Å². The standard InChI is InChI=1S/C16H18N6O/c1-20-8-6-17-15(20)12-5-7-22(10-12)16(23)11-3-4-14-13(9-11)18-19-21(14)2/h3-4,6,8-9,12H,5,7,10H2,1-2H3.